The number of esters is 1. The zero-order chi connectivity index (χ0) is 20.4. The predicted molar refractivity (Wildman–Crippen MR) is 106 cm³/mol. The summed E-state index contributed by atoms with van der Waals surface area (Å²) in [5.41, 5.74) is 0.756. The molecule has 0 bridgehead atoms. The second kappa shape index (κ2) is 7.40. The van der Waals surface area contributed by atoms with E-state index < -0.39 is 16.5 Å². The van der Waals surface area contributed by atoms with Gasteiger partial charge in [-0.05, 0) is 29.8 Å². The van der Waals surface area contributed by atoms with Gasteiger partial charge in [0.2, 0.25) is 0 Å². The molecule has 29 heavy (non-hydrogen) atoms. The minimum absolute atomic E-state index is 0.0418. The van der Waals surface area contributed by atoms with E-state index in [-0.39, 0.29) is 22.6 Å². The minimum atomic E-state index is -0.753. The number of fused-ring (bicyclic) bond motifs is 1. The van der Waals surface area contributed by atoms with Gasteiger partial charge in [-0.15, -0.1) is 0 Å². The Balaban J connectivity index is 1.64. The Morgan fingerprint density at radius 2 is 1.72 bits per heavy atom. The summed E-state index contributed by atoms with van der Waals surface area (Å²) in [6, 6.07) is 20.7. The number of carbonyl (C=O) groups excluding carboxylic acids is 1. The molecule has 3 aromatic carbocycles. The quantitative estimate of drug-likeness (QED) is 0.167. The summed E-state index contributed by atoms with van der Waals surface area (Å²) in [5, 5.41) is 11.5. The second-order valence-electron chi connectivity index (χ2n) is 6.21. The van der Waals surface area contributed by atoms with Crippen LogP contribution in [-0.4, -0.2) is 10.9 Å². The average Bonchev–Trinajstić information content (AvgIpc) is 2.74. The third-order valence-corrected chi connectivity index (χ3v) is 4.30. The maximum Gasteiger partial charge on any atom is 0.344 e. The van der Waals surface area contributed by atoms with Gasteiger partial charge in [-0.25, -0.2) is 9.59 Å². The molecule has 0 fully saturated rings. The third-order valence-electron chi connectivity index (χ3n) is 4.30. The van der Waals surface area contributed by atoms with E-state index in [9.17, 15) is 19.7 Å². The normalized spacial score (nSPS) is 10.6. The lowest BCUT2D eigenvalue weighted by Gasteiger charge is -2.06. The van der Waals surface area contributed by atoms with Crippen molar-refractivity contribution >= 4 is 22.6 Å². The van der Waals surface area contributed by atoms with Crippen LogP contribution in [0.2, 0.25) is 0 Å². The Labute approximate surface area is 163 Å². The lowest BCUT2D eigenvalue weighted by Crippen LogP contribution is -2.09. The van der Waals surface area contributed by atoms with Crippen LogP contribution < -0.4 is 10.4 Å². The van der Waals surface area contributed by atoms with Gasteiger partial charge in [0, 0.05) is 23.6 Å². The summed E-state index contributed by atoms with van der Waals surface area (Å²) in [5.74, 6) is -0.596. The van der Waals surface area contributed by atoms with Crippen molar-refractivity contribution in [3.05, 3.63) is 105 Å². The largest absolute Gasteiger partial charge is 0.423 e. The van der Waals surface area contributed by atoms with Gasteiger partial charge in [0.05, 0.1) is 16.1 Å². The highest BCUT2D eigenvalue weighted by molar-refractivity contribution is 5.92. The van der Waals surface area contributed by atoms with E-state index in [4.69, 9.17) is 9.15 Å². The first-order chi connectivity index (χ1) is 14.0. The molecule has 0 saturated heterocycles. The summed E-state index contributed by atoms with van der Waals surface area (Å²) in [7, 11) is 0. The Morgan fingerprint density at radius 1 is 0.931 bits per heavy atom. The van der Waals surface area contributed by atoms with E-state index in [0.717, 1.165) is 11.6 Å². The van der Waals surface area contributed by atoms with Gasteiger partial charge in [0.15, 0.2) is 0 Å². The maximum atomic E-state index is 12.4. The molecule has 1 heterocycles. The zero-order valence-corrected chi connectivity index (χ0v) is 14.9. The van der Waals surface area contributed by atoms with Crippen LogP contribution >= 0.6 is 0 Å². The molecule has 7 heteroatoms. The molecule has 0 unspecified atom stereocenters. The van der Waals surface area contributed by atoms with Crippen LogP contribution in [0.15, 0.2) is 88.1 Å². The molecule has 142 valence electrons. The molecule has 0 saturated carbocycles. The van der Waals surface area contributed by atoms with E-state index in [1.807, 2.05) is 30.3 Å². The number of carbonyl (C=O) groups is 1. The molecule has 1 aromatic heterocycles. The van der Waals surface area contributed by atoms with Gasteiger partial charge < -0.3 is 9.15 Å². The number of rotatable bonds is 4. The second-order valence-corrected chi connectivity index (χ2v) is 6.21. The molecule has 4 aromatic rings. The highest BCUT2D eigenvalue weighted by atomic mass is 16.6. The van der Waals surface area contributed by atoms with Crippen molar-refractivity contribution in [1.82, 2.24) is 0 Å². The standard InChI is InChI=1S/C22H13NO6/c24-21(16-7-4-8-17(11-16)23(26)27)28-18-10-9-15-12-19(14-5-2-1-3-6-14)22(25)29-20(15)13-18/h1-13H. The number of nitro benzene ring substituents is 1. The van der Waals surface area contributed by atoms with Crippen LogP contribution in [0.4, 0.5) is 5.69 Å². The first-order valence-electron chi connectivity index (χ1n) is 8.61. The maximum absolute atomic E-state index is 12.4. The van der Waals surface area contributed by atoms with Gasteiger partial charge in [0.25, 0.3) is 5.69 Å². The molecule has 0 amide bonds. The molecule has 0 aliphatic heterocycles. The zero-order valence-electron chi connectivity index (χ0n) is 14.9. The Morgan fingerprint density at radius 3 is 2.48 bits per heavy atom. The van der Waals surface area contributed by atoms with Gasteiger partial charge in [-0.2, -0.15) is 0 Å². The topological polar surface area (TPSA) is 99.7 Å². The molecule has 0 atom stereocenters. The summed E-state index contributed by atoms with van der Waals surface area (Å²) < 4.78 is 10.7. The lowest BCUT2D eigenvalue weighted by molar-refractivity contribution is -0.384. The van der Waals surface area contributed by atoms with Crippen molar-refractivity contribution in [2.75, 3.05) is 0 Å². The van der Waals surface area contributed by atoms with Crippen molar-refractivity contribution in [1.29, 1.82) is 0 Å². The fourth-order valence-corrected chi connectivity index (χ4v) is 2.89. The number of benzene rings is 3. The smallest absolute Gasteiger partial charge is 0.344 e. The molecule has 0 aliphatic carbocycles. The van der Waals surface area contributed by atoms with Gasteiger partial charge in [-0.1, -0.05) is 36.4 Å². The van der Waals surface area contributed by atoms with Gasteiger partial charge in [0.1, 0.15) is 11.3 Å². The van der Waals surface area contributed by atoms with E-state index in [1.54, 1.807) is 18.2 Å². The molecule has 4 rings (SSSR count). The van der Waals surface area contributed by atoms with Crippen LogP contribution in [0.5, 0.6) is 5.75 Å². The Hall–Kier alpha value is -4.26. The van der Waals surface area contributed by atoms with Crippen LogP contribution in [0.3, 0.4) is 0 Å². The van der Waals surface area contributed by atoms with E-state index in [1.165, 1.54) is 24.3 Å². The minimum Gasteiger partial charge on any atom is -0.423 e. The van der Waals surface area contributed by atoms with Crippen molar-refractivity contribution in [2.24, 2.45) is 0 Å². The number of nitrogens with zero attached hydrogens (tertiary/aromatic N) is 1. The monoisotopic (exact) mass is 387 g/mol. The summed E-state index contributed by atoms with van der Waals surface area (Å²) in [4.78, 5) is 34.9. The molecule has 7 nitrogen and oxygen atoms in total. The third kappa shape index (κ3) is 3.74. The number of non-ortho nitro benzene ring substituents is 1. The molecule has 0 radical (unpaired) electrons. The summed E-state index contributed by atoms with van der Waals surface area (Å²) in [6.45, 7) is 0. The highest BCUT2D eigenvalue weighted by Crippen LogP contribution is 2.25. The predicted octanol–water partition coefficient (Wildman–Crippen LogP) is 4.59. The fraction of sp³-hybridized carbons (Fsp3) is 0. The molecule has 0 N–H and O–H groups in total. The van der Waals surface area contributed by atoms with Crippen LogP contribution in [0, 0.1) is 10.1 Å². The fourth-order valence-electron chi connectivity index (χ4n) is 2.89. The molecular weight excluding hydrogens is 374 g/mol. The Kier molecular flexibility index (Phi) is 4.62. The van der Waals surface area contributed by atoms with Crippen LogP contribution in [0.25, 0.3) is 22.1 Å². The summed E-state index contributed by atoms with van der Waals surface area (Å²) >= 11 is 0. The highest BCUT2D eigenvalue weighted by Gasteiger charge is 2.14. The van der Waals surface area contributed by atoms with Gasteiger partial charge >= 0.3 is 11.6 Å². The Bertz CT molecular complexity index is 1290. The lowest BCUT2D eigenvalue weighted by atomic mass is 10.1. The first-order valence-corrected chi connectivity index (χ1v) is 8.61. The SMILES string of the molecule is O=C(Oc1ccc2cc(-c3ccccc3)c(=O)oc2c1)c1cccc([N+](=O)[O-])c1. The van der Waals surface area contributed by atoms with Crippen LogP contribution in [0.1, 0.15) is 10.4 Å². The van der Waals surface area contributed by atoms with Crippen LogP contribution in [-0.2, 0) is 0 Å². The van der Waals surface area contributed by atoms with Gasteiger partial charge in [-0.3, -0.25) is 10.1 Å². The van der Waals surface area contributed by atoms with E-state index in [2.05, 4.69) is 0 Å². The average molecular weight is 387 g/mol. The number of hydrogen-bond acceptors (Lipinski definition) is 6. The molecular formula is C22H13NO6. The molecule has 0 spiro atoms. The number of nitro groups is 1. The van der Waals surface area contributed by atoms with Crippen molar-refractivity contribution < 1.29 is 18.9 Å². The summed E-state index contributed by atoms with van der Waals surface area (Å²) in [6.07, 6.45) is 0. The van der Waals surface area contributed by atoms with Crippen molar-refractivity contribution in [3.8, 4) is 16.9 Å². The number of hydrogen-bond donors (Lipinski definition) is 0. The van der Waals surface area contributed by atoms with Crippen molar-refractivity contribution in [3.63, 3.8) is 0 Å². The van der Waals surface area contributed by atoms with E-state index in [0.29, 0.717) is 10.9 Å². The molecule has 0 aliphatic rings. The first kappa shape index (κ1) is 18.1. The van der Waals surface area contributed by atoms with E-state index >= 15 is 0 Å². The van der Waals surface area contributed by atoms with Crippen molar-refractivity contribution in [2.45, 2.75) is 0 Å². The number of ether oxygens (including phenoxy) is 1.